The standard InChI is InChI=1S/C29H51NO2.ClH/c31-29(32)22-25-15-16-28(27(21-25)26-13-7-8-14-26)30(19-17-23-9-3-1-4-10-23)20-18-24-11-5-2-6-12-24;/h23-28H,1-22H2,(H,31,32);1H/t25-,27+,28-;/m1./s1. The number of nitrogens with zero attached hydrogens (tertiary/aromatic N) is 1. The molecule has 0 aromatic rings. The van der Waals surface area contributed by atoms with E-state index < -0.39 is 5.97 Å². The summed E-state index contributed by atoms with van der Waals surface area (Å²) in [6.45, 7) is 2.63. The summed E-state index contributed by atoms with van der Waals surface area (Å²) in [5, 5.41) is 9.44. The van der Waals surface area contributed by atoms with Gasteiger partial charge in [0.2, 0.25) is 0 Å². The van der Waals surface area contributed by atoms with Crippen molar-refractivity contribution in [2.75, 3.05) is 13.1 Å². The van der Waals surface area contributed by atoms with E-state index in [4.69, 9.17) is 0 Å². The number of carboxylic acids is 1. The van der Waals surface area contributed by atoms with Crippen molar-refractivity contribution >= 4 is 18.4 Å². The van der Waals surface area contributed by atoms with E-state index in [1.807, 2.05) is 0 Å². The van der Waals surface area contributed by atoms with Crippen LogP contribution in [0.4, 0.5) is 0 Å². The van der Waals surface area contributed by atoms with Crippen LogP contribution in [0.15, 0.2) is 0 Å². The zero-order chi connectivity index (χ0) is 22.2. The topological polar surface area (TPSA) is 40.5 Å². The summed E-state index contributed by atoms with van der Waals surface area (Å²) in [6.07, 6.45) is 27.0. The second-order valence-electron chi connectivity index (χ2n) is 12.2. The Bertz CT molecular complexity index is 530. The van der Waals surface area contributed by atoms with Crippen molar-refractivity contribution in [2.45, 2.75) is 134 Å². The first-order chi connectivity index (χ1) is 15.7. The minimum Gasteiger partial charge on any atom is -0.481 e. The van der Waals surface area contributed by atoms with Crippen LogP contribution < -0.4 is 0 Å². The van der Waals surface area contributed by atoms with Crippen LogP contribution in [0.3, 0.4) is 0 Å². The van der Waals surface area contributed by atoms with E-state index in [9.17, 15) is 9.90 Å². The molecule has 0 amide bonds. The largest absolute Gasteiger partial charge is 0.481 e. The summed E-state index contributed by atoms with van der Waals surface area (Å²) < 4.78 is 0. The Balaban J connectivity index is 0.00000306. The van der Waals surface area contributed by atoms with Crippen LogP contribution in [0, 0.1) is 29.6 Å². The van der Waals surface area contributed by atoms with E-state index in [0.29, 0.717) is 12.3 Å². The molecular formula is C29H52ClNO2. The zero-order valence-corrected chi connectivity index (χ0v) is 22.0. The molecule has 0 aromatic heterocycles. The third-order valence-corrected chi connectivity index (χ3v) is 10.0. The molecule has 4 rings (SSSR count). The summed E-state index contributed by atoms with van der Waals surface area (Å²) >= 11 is 0. The molecule has 33 heavy (non-hydrogen) atoms. The van der Waals surface area contributed by atoms with Crippen molar-refractivity contribution in [3.05, 3.63) is 0 Å². The average Bonchev–Trinajstić information content (AvgIpc) is 3.35. The molecular weight excluding hydrogens is 430 g/mol. The summed E-state index contributed by atoms with van der Waals surface area (Å²) in [6, 6.07) is 0.732. The molecule has 0 bridgehead atoms. The number of aliphatic carboxylic acids is 1. The first-order valence-electron chi connectivity index (χ1n) is 14.6. The Hall–Kier alpha value is -0.280. The van der Waals surface area contributed by atoms with Crippen LogP contribution in [0.1, 0.15) is 128 Å². The van der Waals surface area contributed by atoms with Crippen LogP contribution >= 0.6 is 12.4 Å². The lowest BCUT2D eigenvalue weighted by atomic mass is 9.70. The highest BCUT2D eigenvalue weighted by Crippen LogP contribution is 2.44. The lowest BCUT2D eigenvalue weighted by Gasteiger charge is -2.46. The first kappa shape index (κ1) is 27.3. The normalized spacial score (nSPS) is 30.4. The van der Waals surface area contributed by atoms with Gasteiger partial charge in [-0.05, 0) is 74.8 Å². The van der Waals surface area contributed by atoms with E-state index in [0.717, 1.165) is 36.1 Å². The van der Waals surface area contributed by atoms with Gasteiger partial charge in [-0.2, -0.15) is 0 Å². The lowest BCUT2D eigenvalue weighted by Crippen LogP contribution is -2.48. The molecule has 4 aliphatic rings. The Morgan fingerprint density at radius 3 is 1.70 bits per heavy atom. The van der Waals surface area contributed by atoms with Gasteiger partial charge in [0, 0.05) is 12.5 Å². The third kappa shape index (κ3) is 8.41. The fraction of sp³-hybridized carbons (Fsp3) is 0.966. The molecule has 3 atom stereocenters. The van der Waals surface area contributed by atoms with E-state index in [2.05, 4.69) is 4.90 Å². The second kappa shape index (κ2) is 14.3. The summed E-state index contributed by atoms with van der Waals surface area (Å²) in [5.41, 5.74) is 0. The Labute approximate surface area is 210 Å². The minimum absolute atomic E-state index is 0. The number of carboxylic acid groups (broad SMARTS) is 1. The highest BCUT2D eigenvalue weighted by molar-refractivity contribution is 5.85. The monoisotopic (exact) mass is 481 g/mol. The van der Waals surface area contributed by atoms with Crippen LogP contribution in [0.25, 0.3) is 0 Å². The van der Waals surface area contributed by atoms with Crippen molar-refractivity contribution in [2.24, 2.45) is 29.6 Å². The molecule has 192 valence electrons. The third-order valence-electron chi connectivity index (χ3n) is 10.0. The fourth-order valence-electron chi connectivity index (χ4n) is 8.15. The molecule has 0 unspecified atom stereocenters. The molecule has 0 spiro atoms. The highest BCUT2D eigenvalue weighted by Gasteiger charge is 2.40. The first-order valence-corrected chi connectivity index (χ1v) is 14.6. The number of carbonyl (C=O) groups is 1. The predicted molar refractivity (Wildman–Crippen MR) is 140 cm³/mol. The van der Waals surface area contributed by atoms with Crippen molar-refractivity contribution in [1.82, 2.24) is 4.90 Å². The van der Waals surface area contributed by atoms with Gasteiger partial charge in [-0.3, -0.25) is 4.79 Å². The van der Waals surface area contributed by atoms with Crippen molar-refractivity contribution in [3.8, 4) is 0 Å². The van der Waals surface area contributed by atoms with Crippen molar-refractivity contribution < 1.29 is 9.90 Å². The van der Waals surface area contributed by atoms with Crippen LogP contribution in [0.2, 0.25) is 0 Å². The van der Waals surface area contributed by atoms with E-state index in [1.165, 1.54) is 129 Å². The Morgan fingerprint density at radius 1 is 0.667 bits per heavy atom. The van der Waals surface area contributed by atoms with Crippen LogP contribution in [-0.2, 0) is 4.79 Å². The van der Waals surface area contributed by atoms with Gasteiger partial charge in [0.25, 0.3) is 0 Å². The maximum atomic E-state index is 11.5. The number of halogens is 1. The SMILES string of the molecule is Cl.O=C(O)C[C@@H]1CC[C@@H](N(CCC2CCCCC2)CCC2CCCCC2)[C@H](C2CCCC2)C1. The maximum Gasteiger partial charge on any atom is 0.303 e. The number of rotatable bonds is 10. The maximum absolute atomic E-state index is 11.5. The van der Waals surface area contributed by atoms with Crippen LogP contribution in [0.5, 0.6) is 0 Å². The van der Waals surface area contributed by atoms with Crippen molar-refractivity contribution in [3.63, 3.8) is 0 Å². The molecule has 0 radical (unpaired) electrons. The molecule has 4 fully saturated rings. The van der Waals surface area contributed by atoms with Gasteiger partial charge >= 0.3 is 5.97 Å². The van der Waals surface area contributed by atoms with E-state index in [1.54, 1.807) is 0 Å². The summed E-state index contributed by atoms with van der Waals surface area (Å²) in [7, 11) is 0. The van der Waals surface area contributed by atoms with E-state index >= 15 is 0 Å². The molecule has 4 heteroatoms. The van der Waals surface area contributed by atoms with Gasteiger partial charge in [-0.15, -0.1) is 12.4 Å². The number of hydrogen-bond acceptors (Lipinski definition) is 2. The van der Waals surface area contributed by atoms with Gasteiger partial charge in [0.1, 0.15) is 0 Å². The highest BCUT2D eigenvalue weighted by atomic mass is 35.5. The molecule has 3 nitrogen and oxygen atoms in total. The summed E-state index contributed by atoms with van der Waals surface area (Å²) in [5.74, 6) is 3.40. The predicted octanol–water partition coefficient (Wildman–Crippen LogP) is 8.10. The molecule has 0 saturated heterocycles. The van der Waals surface area contributed by atoms with Gasteiger partial charge < -0.3 is 10.0 Å². The quantitative estimate of drug-likeness (QED) is 0.342. The second-order valence-corrected chi connectivity index (χ2v) is 12.2. The lowest BCUT2D eigenvalue weighted by molar-refractivity contribution is -0.138. The zero-order valence-electron chi connectivity index (χ0n) is 21.2. The van der Waals surface area contributed by atoms with Gasteiger partial charge in [-0.25, -0.2) is 0 Å². The molecule has 4 saturated carbocycles. The van der Waals surface area contributed by atoms with Gasteiger partial charge in [-0.1, -0.05) is 89.9 Å². The molecule has 0 heterocycles. The molecule has 0 aromatic carbocycles. The Morgan fingerprint density at radius 2 is 1.18 bits per heavy atom. The Kier molecular flexibility index (Phi) is 11.9. The number of hydrogen-bond donors (Lipinski definition) is 1. The van der Waals surface area contributed by atoms with Crippen LogP contribution in [-0.4, -0.2) is 35.1 Å². The summed E-state index contributed by atoms with van der Waals surface area (Å²) in [4.78, 5) is 14.4. The van der Waals surface area contributed by atoms with Crippen molar-refractivity contribution in [1.29, 1.82) is 0 Å². The molecule has 1 N–H and O–H groups in total. The smallest absolute Gasteiger partial charge is 0.303 e. The van der Waals surface area contributed by atoms with Gasteiger partial charge in [0.15, 0.2) is 0 Å². The fourth-order valence-corrected chi connectivity index (χ4v) is 8.15. The average molecular weight is 482 g/mol. The minimum atomic E-state index is -0.579. The molecule has 4 aliphatic carbocycles. The van der Waals surface area contributed by atoms with Gasteiger partial charge in [0.05, 0.1) is 0 Å². The molecule has 0 aliphatic heterocycles. The van der Waals surface area contributed by atoms with E-state index in [-0.39, 0.29) is 12.4 Å².